The van der Waals surface area contributed by atoms with E-state index in [1.807, 2.05) is 13.8 Å². The molecular formula is C11H14N2O5. The van der Waals surface area contributed by atoms with Gasteiger partial charge in [-0.25, -0.2) is 0 Å². The summed E-state index contributed by atoms with van der Waals surface area (Å²) in [6.07, 6.45) is -0.106. The number of morpholine rings is 1. The number of carbonyl (C=O) groups excluding carboxylic acids is 1. The number of hydrogen-bond acceptors (Lipinski definition) is 5. The van der Waals surface area contributed by atoms with Crippen molar-refractivity contribution in [1.82, 2.24) is 4.90 Å². The van der Waals surface area contributed by atoms with Gasteiger partial charge in [-0.15, -0.1) is 0 Å². The molecule has 0 aliphatic carbocycles. The third-order valence-electron chi connectivity index (χ3n) is 2.69. The molecule has 1 aromatic rings. The van der Waals surface area contributed by atoms with E-state index in [0.717, 1.165) is 0 Å². The van der Waals surface area contributed by atoms with Crippen LogP contribution in [0, 0.1) is 10.1 Å². The lowest BCUT2D eigenvalue weighted by atomic mass is 10.2. The van der Waals surface area contributed by atoms with E-state index in [1.165, 1.54) is 12.1 Å². The van der Waals surface area contributed by atoms with Crippen molar-refractivity contribution in [3.05, 3.63) is 28.0 Å². The van der Waals surface area contributed by atoms with Gasteiger partial charge in [0.25, 0.3) is 5.91 Å². The second-order valence-electron chi connectivity index (χ2n) is 4.36. The summed E-state index contributed by atoms with van der Waals surface area (Å²) in [6, 6.07) is 2.51. The Morgan fingerprint density at radius 2 is 2.00 bits per heavy atom. The summed E-state index contributed by atoms with van der Waals surface area (Å²) in [4.78, 5) is 23.5. The van der Waals surface area contributed by atoms with Gasteiger partial charge in [0.1, 0.15) is 4.92 Å². The minimum atomic E-state index is -0.665. The molecule has 1 aliphatic rings. The van der Waals surface area contributed by atoms with Crippen molar-refractivity contribution in [3.8, 4) is 0 Å². The van der Waals surface area contributed by atoms with Crippen molar-refractivity contribution in [2.75, 3.05) is 13.1 Å². The van der Waals surface area contributed by atoms with Gasteiger partial charge in [-0.05, 0) is 19.9 Å². The van der Waals surface area contributed by atoms with Crippen LogP contribution in [0.2, 0.25) is 0 Å². The van der Waals surface area contributed by atoms with Gasteiger partial charge in [-0.1, -0.05) is 0 Å². The van der Waals surface area contributed by atoms with Crippen LogP contribution in [0.1, 0.15) is 24.4 Å². The fraction of sp³-hybridized carbons (Fsp3) is 0.545. The zero-order chi connectivity index (χ0) is 13.3. The minimum Gasteiger partial charge on any atom is -0.395 e. The second-order valence-corrected chi connectivity index (χ2v) is 4.36. The Morgan fingerprint density at radius 1 is 1.39 bits per heavy atom. The SMILES string of the molecule is C[C@H]1CN(C(=O)c2ccc([N+](=O)[O-])o2)C[C@H](C)O1. The topological polar surface area (TPSA) is 85.8 Å². The molecule has 1 amide bonds. The summed E-state index contributed by atoms with van der Waals surface area (Å²) in [5.74, 6) is -0.777. The van der Waals surface area contributed by atoms with Crippen LogP contribution in [0.4, 0.5) is 5.88 Å². The Morgan fingerprint density at radius 3 is 2.50 bits per heavy atom. The highest BCUT2D eigenvalue weighted by atomic mass is 16.6. The molecule has 98 valence electrons. The molecule has 7 heteroatoms. The Bertz CT molecular complexity index is 460. The van der Waals surface area contributed by atoms with Crippen LogP contribution >= 0.6 is 0 Å². The summed E-state index contributed by atoms with van der Waals surface area (Å²) >= 11 is 0. The number of ether oxygens (including phenoxy) is 1. The Hall–Kier alpha value is -1.89. The molecule has 0 spiro atoms. The third-order valence-corrected chi connectivity index (χ3v) is 2.69. The predicted octanol–water partition coefficient (Wildman–Crippen LogP) is 1.44. The van der Waals surface area contributed by atoms with Crippen LogP contribution in [0.25, 0.3) is 0 Å². The van der Waals surface area contributed by atoms with Crippen molar-refractivity contribution in [3.63, 3.8) is 0 Å². The molecule has 18 heavy (non-hydrogen) atoms. The lowest BCUT2D eigenvalue weighted by molar-refractivity contribution is -0.402. The number of hydrogen-bond donors (Lipinski definition) is 0. The minimum absolute atomic E-state index is 0.0111. The third kappa shape index (κ3) is 2.51. The summed E-state index contributed by atoms with van der Waals surface area (Å²) in [5.41, 5.74) is 0. The van der Waals surface area contributed by atoms with Crippen molar-refractivity contribution in [2.24, 2.45) is 0 Å². The summed E-state index contributed by atoms with van der Waals surface area (Å²) < 4.78 is 10.4. The molecule has 1 aliphatic heterocycles. The molecule has 1 saturated heterocycles. The summed E-state index contributed by atoms with van der Waals surface area (Å²) in [5, 5.41) is 10.5. The van der Waals surface area contributed by atoms with E-state index in [1.54, 1.807) is 4.90 Å². The quantitative estimate of drug-likeness (QED) is 0.588. The van der Waals surface area contributed by atoms with Gasteiger partial charge in [0, 0.05) is 13.1 Å². The van der Waals surface area contributed by atoms with Crippen LogP contribution in [-0.2, 0) is 4.74 Å². The first-order valence-corrected chi connectivity index (χ1v) is 5.66. The van der Waals surface area contributed by atoms with E-state index >= 15 is 0 Å². The molecule has 0 saturated carbocycles. The van der Waals surface area contributed by atoms with Crippen molar-refractivity contribution < 1.29 is 18.9 Å². The molecule has 1 fully saturated rings. The monoisotopic (exact) mass is 254 g/mol. The lowest BCUT2D eigenvalue weighted by Gasteiger charge is -2.34. The van der Waals surface area contributed by atoms with Crippen molar-refractivity contribution >= 4 is 11.8 Å². The summed E-state index contributed by atoms with van der Waals surface area (Å²) in [7, 11) is 0. The van der Waals surface area contributed by atoms with Gasteiger partial charge < -0.3 is 14.1 Å². The number of furan rings is 1. The molecule has 0 aromatic carbocycles. The highest BCUT2D eigenvalue weighted by Crippen LogP contribution is 2.19. The maximum absolute atomic E-state index is 12.1. The molecule has 0 N–H and O–H groups in total. The zero-order valence-corrected chi connectivity index (χ0v) is 10.2. The van der Waals surface area contributed by atoms with E-state index < -0.39 is 10.8 Å². The van der Waals surface area contributed by atoms with Gasteiger partial charge in [0.15, 0.2) is 5.76 Å². The number of rotatable bonds is 2. The van der Waals surface area contributed by atoms with Gasteiger partial charge in [-0.2, -0.15) is 0 Å². The van der Waals surface area contributed by atoms with Gasteiger partial charge in [-0.3, -0.25) is 14.9 Å². The Balaban J connectivity index is 2.12. The lowest BCUT2D eigenvalue weighted by Crippen LogP contribution is -2.48. The fourth-order valence-corrected chi connectivity index (χ4v) is 2.04. The summed E-state index contributed by atoms with van der Waals surface area (Å²) in [6.45, 7) is 4.66. The number of carbonyl (C=O) groups is 1. The van der Waals surface area contributed by atoms with E-state index in [4.69, 9.17) is 9.15 Å². The largest absolute Gasteiger partial charge is 0.433 e. The molecule has 0 radical (unpaired) electrons. The molecule has 0 unspecified atom stereocenters. The van der Waals surface area contributed by atoms with E-state index in [0.29, 0.717) is 13.1 Å². The highest BCUT2D eigenvalue weighted by molar-refractivity contribution is 5.91. The first-order chi connectivity index (χ1) is 8.47. The van der Waals surface area contributed by atoms with Crippen LogP contribution < -0.4 is 0 Å². The smallest absolute Gasteiger partial charge is 0.395 e. The van der Waals surface area contributed by atoms with E-state index in [2.05, 4.69) is 0 Å². The first kappa shape index (κ1) is 12.6. The number of nitro groups is 1. The van der Waals surface area contributed by atoms with Crippen LogP contribution in [0.3, 0.4) is 0 Å². The van der Waals surface area contributed by atoms with Gasteiger partial charge >= 0.3 is 5.88 Å². The number of amides is 1. The standard InChI is InChI=1S/C11H14N2O5/c1-7-5-12(6-8(2)17-7)11(14)9-3-4-10(18-9)13(15)16/h3-4,7-8H,5-6H2,1-2H3/t7-,8-/m0/s1. The fourth-order valence-electron chi connectivity index (χ4n) is 2.04. The first-order valence-electron chi connectivity index (χ1n) is 5.66. The molecule has 7 nitrogen and oxygen atoms in total. The van der Waals surface area contributed by atoms with E-state index in [-0.39, 0.29) is 23.9 Å². The normalized spacial score (nSPS) is 24.0. The molecule has 2 atom stereocenters. The molecular weight excluding hydrogens is 240 g/mol. The molecule has 2 rings (SSSR count). The maximum Gasteiger partial charge on any atom is 0.433 e. The average Bonchev–Trinajstić information content (AvgIpc) is 2.75. The molecule has 2 heterocycles. The van der Waals surface area contributed by atoms with Crippen molar-refractivity contribution in [1.29, 1.82) is 0 Å². The predicted molar refractivity (Wildman–Crippen MR) is 61.3 cm³/mol. The average molecular weight is 254 g/mol. The Labute approximate surface area is 103 Å². The van der Waals surface area contributed by atoms with Gasteiger partial charge in [0.05, 0.1) is 18.3 Å². The molecule has 1 aromatic heterocycles. The Kier molecular flexibility index (Phi) is 3.33. The molecule has 0 bridgehead atoms. The van der Waals surface area contributed by atoms with Crippen molar-refractivity contribution in [2.45, 2.75) is 26.1 Å². The van der Waals surface area contributed by atoms with Gasteiger partial charge in [0.2, 0.25) is 0 Å². The number of nitrogens with zero attached hydrogens (tertiary/aromatic N) is 2. The van der Waals surface area contributed by atoms with Crippen LogP contribution in [-0.4, -0.2) is 41.0 Å². The zero-order valence-electron chi connectivity index (χ0n) is 10.2. The van der Waals surface area contributed by atoms with Crippen LogP contribution in [0.15, 0.2) is 16.5 Å². The highest BCUT2D eigenvalue weighted by Gasteiger charge is 2.29. The van der Waals surface area contributed by atoms with E-state index in [9.17, 15) is 14.9 Å². The second kappa shape index (κ2) is 4.77. The van der Waals surface area contributed by atoms with Crippen LogP contribution in [0.5, 0.6) is 0 Å². The maximum atomic E-state index is 12.1.